The summed E-state index contributed by atoms with van der Waals surface area (Å²) in [6.07, 6.45) is 7.46. The number of rotatable bonds is 2. The van der Waals surface area contributed by atoms with Crippen LogP contribution in [0, 0.1) is 6.42 Å². The van der Waals surface area contributed by atoms with Gasteiger partial charge in [0.2, 0.25) is 0 Å². The molecule has 0 spiro atoms. The van der Waals surface area contributed by atoms with Gasteiger partial charge in [0.05, 0.1) is 4.91 Å². The number of fused-ring (bicyclic) bond motifs is 1. The van der Waals surface area contributed by atoms with Gasteiger partial charge in [-0.15, -0.1) is 0 Å². The first-order valence-electron chi connectivity index (χ1n) is 6.48. The minimum absolute atomic E-state index is 0.406. The highest BCUT2D eigenvalue weighted by Gasteiger charge is 2.15. The molecule has 0 fully saturated rings. The Balaban J connectivity index is 2.07. The quantitative estimate of drug-likeness (QED) is 0.841. The van der Waals surface area contributed by atoms with Crippen molar-refractivity contribution in [2.45, 2.75) is 6.42 Å². The van der Waals surface area contributed by atoms with Gasteiger partial charge in [-0.1, -0.05) is 42.5 Å². The highest BCUT2D eigenvalue weighted by Crippen LogP contribution is 2.29. The van der Waals surface area contributed by atoms with Crippen molar-refractivity contribution in [2.75, 3.05) is 6.26 Å². The van der Waals surface area contributed by atoms with Crippen LogP contribution in [0.1, 0.15) is 12.0 Å². The van der Waals surface area contributed by atoms with Crippen molar-refractivity contribution in [3.8, 4) is 0 Å². The molecule has 2 aromatic rings. The van der Waals surface area contributed by atoms with E-state index in [1.165, 1.54) is 11.6 Å². The molecule has 1 aliphatic carbocycles. The number of allylic oxidation sites excluding steroid dienone is 3. The van der Waals surface area contributed by atoms with E-state index in [1.54, 1.807) is 12.2 Å². The SMILES string of the molecule is CS(=O)(=O)C1=CC[CH]C(c2ccc3ccccc3c2)=C1. The van der Waals surface area contributed by atoms with E-state index >= 15 is 0 Å². The first-order chi connectivity index (χ1) is 9.54. The van der Waals surface area contributed by atoms with Crippen molar-refractivity contribution in [1.29, 1.82) is 0 Å². The van der Waals surface area contributed by atoms with Gasteiger partial charge < -0.3 is 0 Å². The molecule has 101 valence electrons. The Morgan fingerprint density at radius 2 is 1.75 bits per heavy atom. The van der Waals surface area contributed by atoms with E-state index in [9.17, 15) is 8.42 Å². The molecule has 0 atom stereocenters. The van der Waals surface area contributed by atoms with Crippen molar-refractivity contribution in [3.63, 3.8) is 0 Å². The van der Waals surface area contributed by atoms with Crippen molar-refractivity contribution in [2.24, 2.45) is 0 Å². The second-order valence-electron chi connectivity index (χ2n) is 4.98. The molecule has 0 bridgehead atoms. The van der Waals surface area contributed by atoms with Crippen LogP contribution in [-0.4, -0.2) is 14.7 Å². The fourth-order valence-electron chi connectivity index (χ4n) is 2.40. The zero-order chi connectivity index (χ0) is 14.2. The standard InChI is InChI=1S/C17H15O2S/c1-20(18,19)17-8-4-7-15(12-17)16-10-9-13-5-2-3-6-14(13)11-16/h2-3,5-12H,4H2,1H3. The van der Waals surface area contributed by atoms with Crippen molar-refractivity contribution < 1.29 is 8.42 Å². The summed E-state index contributed by atoms with van der Waals surface area (Å²) in [7, 11) is -3.14. The van der Waals surface area contributed by atoms with Gasteiger partial charge in [-0.3, -0.25) is 0 Å². The van der Waals surface area contributed by atoms with E-state index in [2.05, 4.69) is 30.7 Å². The first kappa shape index (κ1) is 13.1. The van der Waals surface area contributed by atoms with Gasteiger partial charge in [0.25, 0.3) is 0 Å². The monoisotopic (exact) mass is 283 g/mol. The second kappa shape index (κ2) is 4.91. The number of hydrogen-bond donors (Lipinski definition) is 0. The smallest absolute Gasteiger partial charge is 0.175 e. The van der Waals surface area contributed by atoms with Gasteiger partial charge in [-0.2, -0.15) is 0 Å². The molecule has 0 saturated carbocycles. The highest BCUT2D eigenvalue weighted by molar-refractivity contribution is 7.94. The van der Waals surface area contributed by atoms with E-state index in [4.69, 9.17) is 0 Å². The normalized spacial score (nSPS) is 15.8. The van der Waals surface area contributed by atoms with Crippen molar-refractivity contribution in [1.82, 2.24) is 0 Å². The molecule has 0 aromatic heterocycles. The molecule has 0 N–H and O–H groups in total. The molecule has 3 rings (SSSR count). The molecule has 2 nitrogen and oxygen atoms in total. The summed E-state index contributed by atoms with van der Waals surface area (Å²) in [6, 6.07) is 14.4. The van der Waals surface area contributed by atoms with Crippen molar-refractivity contribution >= 4 is 26.2 Å². The van der Waals surface area contributed by atoms with Crippen LogP contribution >= 0.6 is 0 Å². The Bertz CT molecular complexity index is 827. The molecular weight excluding hydrogens is 268 g/mol. The lowest BCUT2D eigenvalue weighted by Gasteiger charge is -2.13. The minimum atomic E-state index is -3.14. The third-order valence-electron chi connectivity index (χ3n) is 3.47. The molecule has 0 heterocycles. The minimum Gasteiger partial charge on any atom is -0.224 e. The Morgan fingerprint density at radius 3 is 2.50 bits per heavy atom. The Morgan fingerprint density at radius 1 is 1.00 bits per heavy atom. The van der Waals surface area contributed by atoms with E-state index in [0.717, 1.165) is 16.5 Å². The molecule has 0 saturated heterocycles. The summed E-state index contributed by atoms with van der Waals surface area (Å²) in [5.74, 6) is 0. The van der Waals surface area contributed by atoms with E-state index < -0.39 is 9.84 Å². The van der Waals surface area contributed by atoms with Crippen LogP contribution in [-0.2, 0) is 9.84 Å². The topological polar surface area (TPSA) is 34.1 Å². The van der Waals surface area contributed by atoms with Crippen LogP contribution in [0.3, 0.4) is 0 Å². The lowest BCUT2D eigenvalue weighted by Crippen LogP contribution is -2.03. The predicted octanol–water partition coefficient (Wildman–Crippen LogP) is 3.76. The molecule has 0 unspecified atom stereocenters. The van der Waals surface area contributed by atoms with Crippen LogP contribution in [0.25, 0.3) is 16.3 Å². The maximum Gasteiger partial charge on any atom is 0.175 e. The molecule has 0 amide bonds. The third-order valence-corrected chi connectivity index (χ3v) is 4.61. The maximum absolute atomic E-state index is 11.6. The van der Waals surface area contributed by atoms with Crippen LogP contribution in [0.15, 0.2) is 59.5 Å². The Hall–Kier alpha value is -1.87. The molecule has 3 heteroatoms. The Kier molecular flexibility index (Phi) is 3.22. The summed E-state index contributed by atoms with van der Waals surface area (Å²) in [5, 5.41) is 2.35. The molecule has 0 aliphatic heterocycles. The molecule has 1 aliphatic rings. The zero-order valence-corrected chi connectivity index (χ0v) is 12.0. The second-order valence-corrected chi connectivity index (χ2v) is 7.00. The van der Waals surface area contributed by atoms with Crippen molar-refractivity contribution in [3.05, 3.63) is 71.5 Å². The molecule has 2 aromatic carbocycles. The fourth-order valence-corrected chi connectivity index (χ4v) is 3.14. The molecule has 1 radical (unpaired) electrons. The van der Waals surface area contributed by atoms with Gasteiger partial charge in [0.15, 0.2) is 9.84 Å². The van der Waals surface area contributed by atoms with Crippen LogP contribution < -0.4 is 0 Å². The Labute approximate surface area is 119 Å². The molecule has 20 heavy (non-hydrogen) atoms. The van der Waals surface area contributed by atoms with E-state index in [0.29, 0.717) is 11.3 Å². The summed E-state index contributed by atoms with van der Waals surface area (Å²) in [5.41, 5.74) is 2.02. The van der Waals surface area contributed by atoms with Gasteiger partial charge in [-0.05, 0) is 46.9 Å². The molecular formula is C17H15O2S. The zero-order valence-electron chi connectivity index (χ0n) is 11.2. The maximum atomic E-state index is 11.6. The number of hydrogen-bond acceptors (Lipinski definition) is 2. The van der Waals surface area contributed by atoms with Gasteiger partial charge in [0.1, 0.15) is 0 Å². The van der Waals surface area contributed by atoms with Crippen LogP contribution in [0.4, 0.5) is 0 Å². The third kappa shape index (κ3) is 2.54. The van der Waals surface area contributed by atoms with E-state index in [-0.39, 0.29) is 0 Å². The summed E-state index contributed by atoms with van der Waals surface area (Å²) in [4.78, 5) is 0.406. The van der Waals surface area contributed by atoms with Gasteiger partial charge in [-0.25, -0.2) is 8.42 Å². The van der Waals surface area contributed by atoms with E-state index in [1.807, 2.05) is 18.2 Å². The fraction of sp³-hybridized carbons (Fsp3) is 0.118. The predicted molar refractivity (Wildman–Crippen MR) is 83.8 cm³/mol. The summed E-state index contributed by atoms with van der Waals surface area (Å²) < 4.78 is 23.3. The van der Waals surface area contributed by atoms with Gasteiger partial charge >= 0.3 is 0 Å². The lowest BCUT2D eigenvalue weighted by molar-refractivity contribution is 0.608. The van der Waals surface area contributed by atoms with Crippen LogP contribution in [0.2, 0.25) is 0 Å². The lowest BCUT2D eigenvalue weighted by atomic mass is 9.95. The number of sulfone groups is 1. The summed E-state index contributed by atoms with van der Waals surface area (Å²) in [6.45, 7) is 0. The summed E-state index contributed by atoms with van der Waals surface area (Å²) >= 11 is 0. The van der Waals surface area contributed by atoms with Gasteiger partial charge in [0, 0.05) is 6.26 Å². The van der Waals surface area contributed by atoms with Crippen LogP contribution in [0.5, 0.6) is 0 Å². The highest BCUT2D eigenvalue weighted by atomic mass is 32.2. The number of benzene rings is 2. The average Bonchev–Trinajstić information content (AvgIpc) is 2.46. The largest absolute Gasteiger partial charge is 0.224 e. The average molecular weight is 283 g/mol. The first-order valence-corrected chi connectivity index (χ1v) is 8.37.